The van der Waals surface area contributed by atoms with Gasteiger partial charge in [-0.1, -0.05) is 24.3 Å². The summed E-state index contributed by atoms with van der Waals surface area (Å²) in [7, 11) is 4.11. The van der Waals surface area contributed by atoms with E-state index in [1.807, 2.05) is 54.3 Å². The van der Waals surface area contributed by atoms with Gasteiger partial charge in [-0.25, -0.2) is 4.98 Å². The number of pyridine rings is 1. The van der Waals surface area contributed by atoms with Gasteiger partial charge in [-0.05, 0) is 49.5 Å². The average molecular weight is 441 g/mol. The molecule has 2 aromatic carbocycles. The first-order valence-electron chi connectivity index (χ1n) is 11.4. The third-order valence-corrected chi connectivity index (χ3v) is 6.36. The van der Waals surface area contributed by atoms with Crippen molar-refractivity contribution in [2.24, 2.45) is 7.05 Å². The van der Waals surface area contributed by atoms with Crippen LogP contribution in [0.4, 0.5) is 0 Å². The van der Waals surface area contributed by atoms with Crippen molar-refractivity contribution in [3.05, 3.63) is 78.5 Å². The van der Waals surface area contributed by atoms with E-state index in [2.05, 4.69) is 40.1 Å². The molecule has 0 unspecified atom stereocenters. The minimum atomic E-state index is 0.0402. The van der Waals surface area contributed by atoms with Gasteiger partial charge in [0.15, 0.2) is 5.78 Å². The van der Waals surface area contributed by atoms with Gasteiger partial charge in [-0.3, -0.25) is 9.78 Å². The van der Waals surface area contributed by atoms with Crippen LogP contribution in [-0.4, -0.2) is 51.5 Å². The van der Waals surface area contributed by atoms with Crippen molar-refractivity contribution >= 4 is 16.6 Å². The molecule has 6 heteroatoms. The number of nitrogens with zero attached hydrogens (tertiary/aromatic N) is 4. The van der Waals surface area contributed by atoms with E-state index in [-0.39, 0.29) is 18.3 Å². The van der Waals surface area contributed by atoms with Crippen molar-refractivity contribution in [1.29, 1.82) is 0 Å². The fourth-order valence-corrected chi connectivity index (χ4v) is 4.38. The van der Waals surface area contributed by atoms with Gasteiger partial charge in [-0.2, -0.15) is 0 Å². The summed E-state index contributed by atoms with van der Waals surface area (Å²) in [5.41, 5.74) is 3.56. The van der Waals surface area contributed by atoms with Crippen LogP contribution in [0.2, 0.25) is 0 Å². The molecule has 33 heavy (non-hydrogen) atoms. The zero-order valence-electron chi connectivity index (χ0n) is 19.1. The summed E-state index contributed by atoms with van der Waals surface area (Å²) in [6, 6.07) is 15.8. The molecule has 6 nitrogen and oxygen atoms in total. The topological polar surface area (TPSA) is 60.2 Å². The van der Waals surface area contributed by atoms with Crippen LogP contribution in [0.1, 0.15) is 28.9 Å². The number of ketones is 1. The molecule has 2 aromatic heterocycles. The van der Waals surface area contributed by atoms with Gasteiger partial charge in [0, 0.05) is 48.5 Å². The number of ether oxygens (including phenoxy) is 1. The zero-order valence-corrected chi connectivity index (χ0v) is 19.1. The minimum Gasteiger partial charge on any atom is -0.490 e. The molecule has 0 aliphatic carbocycles. The van der Waals surface area contributed by atoms with E-state index < -0.39 is 0 Å². The highest BCUT2D eigenvalue weighted by molar-refractivity contribution is 5.98. The normalized spacial score (nSPS) is 15.1. The van der Waals surface area contributed by atoms with E-state index in [0.29, 0.717) is 5.56 Å². The molecule has 0 N–H and O–H groups in total. The Morgan fingerprint density at radius 1 is 1.03 bits per heavy atom. The fourth-order valence-electron chi connectivity index (χ4n) is 4.38. The average Bonchev–Trinajstić information content (AvgIpc) is 3.26. The smallest absolute Gasteiger partial charge is 0.168 e. The molecule has 1 aliphatic rings. The predicted octanol–water partition coefficient (Wildman–Crippen LogP) is 4.53. The number of Topliss-reactive ketones (excluding diaryl/α,β-unsaturated/α-hetero) is 1. The standard InChI is InChI=1S/C27H28N4O2/c1-30-10-8-24(9-11-30)33-25-5-3-4-20(14-25)27(32)15-23-13-22-12-19(6-7-21(22)16-29-23)26-17-28-18-31(26)2/h3-7,12-14,16-18,24H,8-11,15H2,1-2H3. The summed E-state index contributed by atoms with van der Waals surface area (Å²) in [4.78, 5) is 24.1. The van der Waals surface area contributed by atoms with Crippen LogP contribution < -0.4 is 4.74 Å². The summed E-state index contributed by atoms with van der Waals surface area (Å²) in [5, 5.41) is 2.11. The van der Waals surface area contributed by atoms with Crippen molar-refractivity contribution < 1.29 is 9.53 Å². The van der Waals surface area contributed by atoms with Gasteiger partial charge in [0.1, 0.15) is 11.9 Å². The molecule has 0 saturated carbocycles. The molecule has 0 radical (unpaired) electrons. The number of aromatic nitrogens is 3. The largest absolute Gasteiger partial charge is 0.490 e. The molecule has 168 valence electrons. The Kier molecular flexibility index (Phi) is 5.92. The second kappa shape index (κ2) is 9.16. The Bertz CT molecular complexity index is 1290. The number of imidazole rings is 1. The van der Waals surface area contributed by atoms with Crippen LogP contribution in [0.25, 0.3) is 22.0 Å². The quantitative estimate of drug-likeness (QED) is 0.412. The second-order valence-corrected chi connectivity index (χ2v) is 8.88. The minimum absolute atomic E-state index is 0.0402. The number of carbonyl (C=O) groups excluding carboxylic acids is 1. The number of likely N-dealkylation sites (tertiary alicyclic amines) is 1. The van der Waals surface area contributed by atoms with Crippen LogP contribution >= 0.6 is 0 Å². The highest BCUT2D eigenvalue weighted by Crippen LogP contribution is 2.25. The lowest BCUT2D eigenvalue weighted by Gasteiger charge is -2.29. The van der Waals surface area contributed by atoms with E-state index in [1.54, 1.807) is 6.33 Å². The Morgan fingerprint density at radius 3 is 2.67 bits per heavy atom. The maximum Gasteiger partial charge on any atom is 0.168 e. The van der Waals surface area contributed by atoms with E-state index >= 15 is 0 Å². The van der Waals surface area contributed by atoms with Crippen molar-refractivity contribution in [3.63, 3.8) is 0 Å². The number of aryl methyl sites for hydroxylation is 1. The first kappa shape index (κ1) is 21.3. The molecule has 0 spiro atoms. The van der Waals surface area contributed by atoms with Gasteiger partial charge in [0.25, 0.3) is 0 Å². The van der Waals surface area contributed by atoms with Crippen molar-refractivity contribution in [1.82, 2.24) is 19.4 Å². The first-order chi connectivity index (χ1) is 16.0. The SMILES string of the molecule is CN1CCC(Oc2cccc(C(=O)Cc3cc4cc(-c5cncn5C)ccc4cn3)c2)CC1. The third-order valence-electron chi connectivity index (χ3n) is 6.36. The third kappa shape index (κ3) is 4.81. The highest BCUT2D eigenvalue weighted by atomic mass is 16.5. The van der Waals surface area contributed by atoms with Gasteiger partial charge >= 0.3 is 0 Å². The number of piperidine rings is 1. The van der Waals surface area contributed by atoms with Gasteiger partial charge in [0.2, 0.25) is 0 Å². The molecular formula is C27H28N4O2. The number of hydrogen-bond donors (Lipinski definition) is 0. The number of benzene rings is 2. The summed E-state index contributed by atoms with van der Waals surface area (Å²) >= 11 is 0. The summed E-state index contributed by atoms with van der Waals surface area (Å²) in [6.45, 7) is 2.08. The molecule has 1 saturated heterocycles. The van der Waals surface area contributed by atoms with Gasteiger partial charge in [-0.15, -0.1) is 0 Å². The summed E-state index contributed by atoms with van der Waals surface area (Å²) in [6.07, 6.45) is 7.97. The second-order valence-electron chi connectivity index (χ2n) is 8.88. The molecule has 0 amide bonds. The van der Waals surface area contributed by atoms with Crippen molar-refractivity contribution in [3.8, 4) is 17.0 Å². The van der Waals surface area contributed by atoms with Gasteiger partial charge < -0.3 is 14.2 Å². The van der Waals surface area contributed by atoms with E-state index in [9.17, 15) is 4.79 Å². The van der Waals surface area contributed by atoms with E-state index in [1.165, 1.54) is 0 Å². The van der Waals surface area contributed by atoms with Crippen LogP contribution in [0, 0.1) is 0 Å². The molecule has 4 aromatic rings. The molecule has 3 heterocycles. The predicted molar refractivity (Wildman–Crippen MR) is 130 cm³/mol. The van der Waals surface area contributed by atoms with Crippen molar-refractivity contribution in [2.45, 2.75) is 25.4 Å². The Hall–Kier alpha value is -3.51. The fraction of sp³-hybridized carbons (Fsp3) is 0.296. The molecule has 0 atom stereocenters. The van der Waals surface area contributed by atoms with Crippen molar-refractivity contribution in [2.75, 3.05) is 20.1 Å². The Morgan fingerprint density at radius 2 is 1.88 bits per heavy atom. The Balaban J connectivity index is 1.32. The number of rotatable bonds is 6. The van der Waals surface area contributed by atoms with E-state index in [4.69, 9.17) is 4.74 Å². The first-order valence-corrected chi connectivity index (χ1v) is 11.4. The summed E-state index contributed by atoms with van der Waals surface area (Å²) < 4.78 is 8.15. The molecule has 1 aliphatic heterocycles. The highest BCUT2D eigenvalue weighted by Gasteiger charge is 2.18. The number of hydrogen-bond acceptors (Lipinski definition) is 5. The number of carbonyl (C=O) groups is 1. The summed E-state index contributed by atoms with van der Waals surface area (Å²) in [5.74, 6) is 0.807. The lowest BCUT2D eigenvalue weighted by Crippen LogP contribution is -2.35. The lowest BCUT2D eigenvalue weighted by molar-refractivity contribution is 0.0988. The van der Waals surface area contributed by atoms with Crippen LogP contribution in [-0.2, 0) is 13.5 Å². The molecule has 0 bridgehead atoms. The monoisotopic (exact) mass is 440 g/mol. The maximum absolute atomic E-state index is 13.0. The molecule has 1 fully saturated rings. The van der Waals surface area contributed by atoms with E-state index in [0.717, 1.165) is 59.4 Å². The lowest BCUT2D eigenvalue weighted by atomic mass is 10.0. The zero-order chi connectivity index (χ0) is 22.8. The van der Waals surface area contributed by atoms with Crippen LogP contribution in [0.15, 0.2) is 67.3 Å². The van der Waals surface area contributed by atoms with Crippen LogP contribution in [0.3, 0.4) is 0 Å². The molecular weight excluding hydrogens is 412 g/mol. The van der Waals surface area contributed by atoms with Crippen LogP contribution in [0.5, 0.6) is 5.75 Å². The molecule has 5 rings (SSSR count). The number of fused-ring (bicyclic) bond motifs is 1. The maximum atomic E-state index is 13.0. The van der Waals surface area contributed by atoms with Gasteiger partial charge in [0.05, 0.1) is 24.6 Å². The Labute approximate surface area is 193 Å².